The van der Waals surface area contributed by atoms with Crippen LogP contribution in [0.15, 0.2) is 65.6 Å². The molecule has 1 saturated carbocycles. The van der Waals surface area contributed by atoms with Gasteiger partial charge in [0.05, 0.1) is 28.4 Å². The minimum Gasteiger partial charge on any atom is -0.483 e. The lowest BCUT2D eigenvalue weighted by Crippen LogP contribution is -2.35. The van der Waals surface area contributed by atoms with E-state index in [9.17, 15) is 22.4 Å². The van der Waals surface area contributed by atoms with E-state index in [1.54, 1.807) is 11.9 Å². The monoisotopic (exact) mass is 660 g/mol. The zero-order valence-electron chi connectivity index (χ0n) is 25.8. The number of amides is 1. The van der Waals surface area contributed by atoms with Crippen LogP contribution in [0.4, 0.5) is 28.9 Å². The third-order valence-electron chi connectivity index (χ3n) is 8.04. The lowest BCUT2D eigenvalue weighted by atomic mass is 9.76. The zero-order chi connectivity index (χ0) is 33.6. The maximum absolute atomic E-state index is 14.4. The second-order valence-electron chi connectivity index (χ2n) is 11.0. The third kappa shape index (κ3) is 8.38. The van der Waals surface area contributed by atoms with Crippen LogP contribution in [-0.2, 0) is 27.5 Å². The molecular weight excluding hydrogens is 624 g/mol. The Morgan fingerprint density at radius 3 is 2.46 bits per heavy atom. The number of imidazole rings is 1. The van der Waals surface area contributed by atoms with Crippen molar-refractivity contribution in [3.63, 3.8) is 0 Å². The van der Waals surface area contributed by atoms with Crippen LogP contribution in [0.25, 0.3) is 11.0 Å². The molecule has 1 heterocycles. The molecule has 246 valence electrons. The number of benzene rings is 3. The minimum absolute atomic E-state index is 0.0281. The van der Waals surface area contributed by atoms with Crippen LogP contribution in [0.1, 0.15) is 49.1 Å². The standard InChI is InChI=1S/C32H34F4N4O2S.CH2O2/c1-5-42-25-15-21(14-22(16-25)31(41)38-28-12-8-23(17-27(28)33)32(34,35)36)20-6-9-24(10-7-20)40(4)43-26-11-13-30-29(18-26)37-19(2)39(30)3;2-1-3/h6-13,17-18,21-22,25H,5,14-16H2,1-4H3,(H,38,41);1H,(H,2,3). The number of fused-ring (bicyclic) bond motifs is 1. The molecule has 0 bridgehead atoms. The van der Waals surface area contributed by atoms with Gasteiger partial charge < -0.3 is 24.0 Å². The SMILES string of the molecule is CCOC1CC(C(=O)Nc2ccc(C(F)(F)F)cc2F)CC(c2ccc(N(C)Sc3ccc4c(c3)nc(C)n4C)cc2)C1.O=CO. The molecule has 2 N–H and O–H groups in total. The summed E-state index contributed by atoms with van der Waals surface area (Å²) < 4.78 is 63.3. The summed E-state index contributed by atoms with van der Waals surface area (Å²) in [4.78, 5) is 27.2. The molecule has 1 aliphatic carbocycles. The van der Waals surface area contributed by atoms with Crippen molar-refractivity contribution < 1.29 is 37.0 Å². The number of rotatable bonds is 8. The van der Waals surface area contributed by atoms with Crippen molar-refractivity contribution in [3.8, 4) is 0 Å². The van der Waals surface area contributed by atoms with Crippen molar-refractivity contribution in [2.45, 2.75) is 56.2 Å². The molecule has 0 radical (unpaired) electrons. The molecule has 3 aromatic carbocycles. The Labute approximate surface area is 268 Å². The number of nitrogens with zero attached hydrogens (tertiary/aromatic N) is 3. The van der Waals surface area contributed by atoms with E-state index >= 15 is 0 Å². The Balaban J connectivity index is 0.00000154. The summed E-state index contributed by atoms with van der Waals surface area (Å²) in [7, 11) is 4.00. The molecule has 3 atom stereocenters. The van der Waals surface area contributed by atoms with Gasteiger partial charge in [-0.05, 0) is 105 Å². The van der Waals surface area contributed by atoms with Crippen molar-refractivity contribution >= 4 is 46.7 Å². The first kappa shape index (κ1) is 34.8. The van der Waals surface area contributed by atoms with E-state index in [1.807, 2.05) is 40.1 Å². The highest BCUT2D eigenvalue weighted by molar-refractivity contribution is 8.00. The van der Waals surface area contributed by atoms with E-state index in [-0.39, 0.29) is 24.2 Å². The number of halogens is 4. The molecule has 0 saturated heterocycles. The number of carbonyl (C=O) groups excluding carboxylic acids is 1. The van der Waals surface area contributed by atoms with E-state index in [2.05, 4.69) is 49.5 Å². The summed E-state index contributed by atoms with van der Waals surface area (Å²) in [5, 5.41) is 9.39. The Morgan fingerprint density at radius 2 is 1.83 bits per heavy atom. The number of alkyl halides is 3. The molecule has 1 aromatic heterocycles. The van der Waals surface area contributed by atoms with Crippen molar-refractivity contribution in [2.24, 2.45) is 13.0 Å². The maximum atomic E-state index is 14.4. The predicted molar refractivity (Wildman–Crippen MR) is 170 cm³/mol. The normalized spacial score (nSPS) is 18.0. The summed E-state index contributed by atoms with van der Waals surface area (Å²) >= 11 is 1.60. The molecule has 1 amide bonds. The fraction of sp³-hybridized carbons (Fsp3) is 0.364. The Morgan fingerprint density at radius 1 is 1.13 bits per heavy atom. The van der Waals surface area contributed by atoms with Crippen molar-refractivity contribution in [2.75, 3.05) is 23.3 Å². The molecule has 0 aliphatic heterocycles. The summed E-state index contributed by atoms with van der Waals surface area (Å²) in [6.45, 7) is 4.12. The Kier molecular flexibility index (Phi) is 11.3. The number of aromatic nitrogens is 2. The molecule has 4 aromatic rings. The Bertz CT molecular complexity index is 1660. The highest BCUT2D eigenvalue weighted by Crippen LogP contribution is 2.40. The van der Waals surface area contributed by atoms with E-state index in [0.717, 1.165) is 51.6 Å². The highest BCUT2D eigenvalue weighted by atomic mass is 32.2. The average Bonchev–Trinajstić information content (AvgIpc) is 3.30. The van der Waals surface area contributed by atoms with Gasteiger partial charge in [0.25, 0.3) is 6.47 Å². The van der Waals surface area contributed by atoms with Gasteiger partial charge in [0, 0.05) is 37.2 Å². The van der Waals surface area contributed by atoms with Gasteiger partial charge >= 0.3 is 6.18 Å². The van der Waals surface area contributed by atoms with Crippen molar-refractivity contribution in [1.82, 2.24) is 9.55 Å². The zero-order valence-corrected chi connectivity index (χ0v) is 26.7. The average molecular weight is 661 g/mol. The first-order valence-corrected chi connectivity index (χ1v) is 15.4. The lowest BCUT2D eigenvalue weighted by molar-refractivity contribution is -0.137. The lowest BCUT2D eigenvalue weighted by Gasteiger charge is -2.34. The van der Waals surface area contributed by atoms with E-state index in [1.165, 1.54) is 0 Å². The van der Waals surface area contributed by atoms with E-state index < -0.39 is 29.4 Å². The summed E-state index contributed by atoms with van der Waals surface area (Å²) in [6, 6.07) is 16.6. The largest absolute Gasteiger partial charge is 0.483 e. The number of nitrogens with one attached hydrogen (secondary N) is 1. The van der Waals surface area contributed by atoms with E-state index in [4.69, 9.17) is 14.6 Å². The van der Waals surface area contributed by atoms with Crippen LogP contribution in [0, 0.1) is 18.7 Å². The second-order valence-corrected chi connectivity index (χ2v) is 12.2. The molecular formula is C33H36F4N4O4S. The van der Waals surface area contributed by atoms with Crippen LogP contribution >= 0.6 is 11.9 Å². The fourth-order valence-corrected chi connectivity index (χ4v) is 6.51. The van der Waals surface area contributed by atoms with Gasteiger partial charge in [0.2, 0.25) is 5.91 Å². The molecule has 13 heteroatoms. The number of hydrogen-bond acceptors (Lipinski definition) is 6. The quantitative estimate of drug-likeness (QED) is 0.113. The third-order valence-corrected chi connectivity index (χ3v) is 8.99. The topological polar surface area (TPSA) is 96.7 Å². The molecule has 46 heavy (non-hydrogen) atoms. The van der Waals surface area contributed by atoms with Gasteiger partial charge in [0.15, 0.2) is 0 Å². The first-order valence-electron chi connectivity index (χ1n) is 14.7. The number of aryl methyl sites for hydroxylation is 2. The molecule has 1 fully saturated rings. The van der Waals surface area contributed by atoms with Crippen molar-refractivity contribution in [1.29, 1.82) is 0 Å². The Hall–Kier alpha value is -4.10. The number of hydrogen-bond donors (Lipinski definition) is 2. The predicted octanol–water partition coefficient (Wildman–Crippen LogP) is 7.81. The van der Waals surface area contributed by atoms with Gasteiger partial charge in [0.1, 0.15) is 11.6 Å². The van der Waals surface area contributed by atoms with Gasteiger partial charge in [-0.1, -0.05) is 12.1 Å². The molecule has 5 rings (SSSR count). The van der Waals surface area contributed by atoms with Crippen LogP contribution < -0.4 is 9.62 Å². The second kappa shape index (κ2) is 15.0. The highest BCUT2D eigenvalue weighted by Gasteiger charge is 2.35. The van der Waals surface area contributed by atoms with E-state index in [0.29, 0.717) is 25.5 Å². The molecule has 1 aliphatic rings. The van der Waals surface area contributed by atoms with Gasteiger partial charge in [-0.15, -0.1) is 0 Å². The minimum atomic E-state index is -4.67. The van der Waals surface area contributed by atoms with Crippen LogP contribution in [0.5, 0.6) is 0 Å². The van der Waals surface area contributed by atoms with Crippen LogP contribution in [0.3, 0.4) is 0 Å². The maximum Gasteiger partial charge on any atom is 0.416 e. The molecule has 8 nitrogen and oxygen atoms in total. The molecule has 0 spiro atoms. The number of anilines is 2. The summed E-state index contributed by atoms with van der Waals surface area (Å²) in [5.41, 5.74) is 2.74. The smallest absolute Gasteiger partial charge is 0.416 e. The fourth-order valence-electron chi connectivity index (χ4n) is 5.68. The molecule has 3 unspecified atom stereocenters. The van der Waals surface area contributed by atoms with Gasteiger partial charge in [-0.25, -0.2) is 9.37 Å². The number of carboxylic acid groups (broad SMARTS) is 1. The van der Waals surface area contributed by atoms with Crippen LogP contribution in [0.2, 0.25) is 0 Å². The van der Waals surface area contributed by atoms with Gasteiger partial charge in [-0.3, -0.25) is 9.59 Å². The summed E-state index contributed by atoms with van der Waals surface area (Å²) in [5.74, 6) is -1.05. The van der Waals surface area contributed by atoms with Gasteiger partial charge in [-0.2, -0.15) is 13.2 Å². The number of ether oxygens (including phenoxy) is 1. The number of carbonyl (C=O) groups is 2. The van der Waals surface area contributed by atoms with Crippen molar-refractivity contribution in [3.05, 3.63) is 83.4 Å². The van der Waals surface area contributed by atoms with Crippen LogP contribution in [-0.4, -0.2) is 46.8 Å². The first-order chi connectivity index (χ1) is 21.8. The summed E-state index contributed by atoms with van der Waals surface area (Å²) in [6.07, 6.45) is -3.12.